The minimum absolute atomic E-state index is 0. The van der Waals surface area contributed by atoms with Crippen molar-refractivity contribution in [2.24, 2.45) is 0 Å². The van der Waals surface area contributed by atoms with Crippen molar-refractivity contribution >= 4 is 30.6 Å². The van der Waals surface area contributed by atoms with E-state index in [2.05, 4.69) is 24.1 Å². The number of nitrogens with two attached hydrogens (primary N) is 1. The Hall–Kier alpha value is -1.53. The standard InChI is InChI=1S/C18H25N3O2.2ClH/c1-18(2,10-9-13-3-6-15(22)7-4-13)21-12-16(23)14-5-8-17(19)20-11-14;;/h3-8,11,16,21-23H,9-10,12H2,1-2H3,(H2,19,20);2*1H. The number of hydrogen-bond acceptors (Lipinski definition) is 5. The summed E-state index contributed by atoms with van der Waals surface area (Å²) in [5.74, 6) is 0.731. The van der Waals surface area contributed by atoms with Gasteiger partial charge < -0.3 is 21.3 Å². The van der Waals surface area contributed by atoms with E-state index >= 15 is 0 Å². The minimum atomic E-state index is -0.615. The monoisotopic (exact) mass is 387 g/mol. The van der Waals surface area contributed by atoms with Crippen molar-refractivity contribution in [2.45, 2.75) is 38.3 Å². The van der Waals surface area contributed by atoms with Crippen molar-refractivity contribution < 1.29 is 10.2 Å². The highest BCUT2D eigenvalue weighted by atomic mass is 35.5. The van der Waals surface area contributed by atoms with Gasteiger partial charge >= 0.3 is 0 Å². The van der Waals surface area contributed by atoms with Gasteiger partial charge in [-0.3, -0.25) is 0 Å². The van der Waals surface area contributed by atoms with Crippen LogP contribution in [0, 0.1) is 0 Å². The van der Waals surface area contributed by atoms with Crippen LogP contribution in [0.5, 0.6) is 5.75 Å². The van der Waals surface area contributed by atoms with Crippen LogP contribution in [0.3, 0.4) is 0 Å². The summed E-state index contributed by atoms with van der Waals surface area (Å²) in [4.78, 5) is 4.00. The van der Waals surface area contributed by atoms with Gasteiger partial charge in [0.2, 0.25) is 0 Å². The van der Waals surface area contributed by atoms with E-state index in [9.17, 15) is 10.2 Å². The van der Waals surface area contributed by atoms with Crippen LogP contribution in [0.4, 0.5) is 5.82 Å². The normalized spacial score (nSPS) is 12.0. The highest BCUT2D eigenvalue weighted by Crippen LogP contribution is 2.18. The molecule has 1 heterocycles. The number of aromatic hydroxyl groups is 1. The number of anilines is 1. The number of halogens is 2. The first-order valence-corrected chi connectivity index (χ1v) is 7.78. The van der Waals surface area contributed by atoms with Crippen LogP contribution in [-0.4, -0.2) is 27.3 Å². The van der Waals surface area contributed by atoms with Gasteiger partial charge in [0.1, 0.15) is 11.6 Å². The van der Waals surface area contributed by atoms with Crippen molar-refractivity contribution in [1.29, 1.82) is 0 Å². The fraction of sp³-hybridized carbons (Fsp3) is 0.389. The van der Waals surface area contributed by atoms with Gasteiger partial charge in [-0.15, -0.1) is 24.8 Å². The molecule has 7 heteroatoms. The van der Waals surface area contributed by atoms with Crippen LogP contribution in [0.2, 0.25) is 0 Å². The lowest BCUT2D eigenvalue weighted by molar-refractivity contribution is 0.159. The molecule has 25 heavy (non-hydrogen) atoms. The zero-order valence-electron chi connectivity index (χ0n) is 14.5. The number of pyridine rings is 1. The Bertz CT molecular complexity index is 619. The Kier molecular flexibility index (Phi) is 9.82. The van der Waals surface area contributed by atoms with Crippen molar-refractivity contribution in [3.8, 4) is 5.75 Å². The Balaban J connectivity index is 0.00000288. The zero-order chi connectivity index (χ0) is 16.9. The summed E-state index contributed by atoms with van der Waals surface area (Å²) in [7, 11) is 0. The Morgan fingerprint density at radius 1 is 1.12 bits per heavy atom. The summed E-state index contributed by atoms with van der Waals surface area (Å²) < 4.78 is 0. The maximum Gasteiger partial charge on any atom is 0.123 e. The predicted octanol–water partition coefficient (Wildman–Crippen LogP) is 3.25. The molecule has 1 aromatic heterocycles. The molecule has 0 saturated carbocycles. The average molecular weight is 388 g/mol. The number of aromatic nitrogens is 1. The van der Waals surface area contributed by atoms with Gasteiger partial charge in [-0.2, -0.15) is 0 Å². The fourth-order valence-electron chi connectivity index (χ4n) is 2.31. The lowest BCUT2D eigenvalue weighted by Gasteiger charge is -2.28. The smallest absolute Gasteiger partial charge is 0.123 e. The topological polar surface area (TPSA) is 91.4 Å². The van der Waals surface area contributed by atoms with Crippen molar-refractivity contribution in [2.75, 3.05) is 12.3 Å². The quantitative estimate of drug-likeness (QED) is 0.585. The fourth-order valence-corrected chi connectivity index (χ4v) is 2.31. The molecule has 0 spiro atoms. The minimum Gasteiger partial charge on any atom is -0.508 e. The number of aryl methyl sites for hydroxylation is 1. The number of rotatable bonds is 7. The van der Waals surface area contributed by atoms with Gasteiger partial charge in [-0.05, 0) is 50.5 Å². The second-order valence-corrected chi connectivity index (χ2v) is 6.46. The molecule has 0 aliphatic carbocycles. The molecule has 0 aliphatic rings. The molecule has 1 unspecified atom stereocenters. The van der Waals surface area contributed by atoms with Gasteiger partial charge in [0.05, 0.1) is 6.10 Å². The van der Waals surface area contributed by atoms with E-state index in [1.807, 2.05) is 12.1 Å². The third-order valence-corrected chi connectivity index (χ3v) is 3.94. The van der Waals surface area contributed by atoms with Gasteiger partial charge in [0.15, 0.2) is 0 Å². The first-order valence-electron chi connectivity index (χ1n) is 7.78. The molecule has 140 valence electrons. The summed E-state index contributed by atoms with van der Waals surface area (Å²) in [5, 5.41) is 22.9. The largest absolute Gasteiger partial charge is 0.508 e. The van der Waals surface area contributed by atoms with Crippen LogP contribution in [0.1, 0.15) is 37.5 Å². The van der Waals surface area contributed by atoms with Crippen LogP contribution in [0.25, 0.3) is 0 Å². The number of phenolic OH excluding ortho intramolecular Hbond substituents is 1. The summed E-state index contributed by atoms with van der Waals surface area (Å²) in [5.41, 5.74) is 7.37. The van der Waals surface area contributed by atoms with E-state index in [0.29, 0.717) is 12.4 Å². The number of nitrogens with zero attached hydrogens (tertiary/aromatic N) is 1. The van der Waals surface area contributed by atoms with E-state index < -0.39 is 6.10 Å². The van der Waals surface area contributed by atoms with Crippen molar-refractivity contribution in [1.82, 2.24) is 10.3 Å². The van der Waals surface area contributed by atoms with Gasteiger partial charge in [0, 0.05) is 23.8 Å². The summed E-state index contributed by atoms with van der Waals surface area (Å²) in [6.07, 6.45) is 2.81. The first kappa shape index (κ1) is 23.5. The number of benzene rings is 1. The first-order chi connectivity index (χ1) is 10.9. The van der Waals surface area contributed by atoms with Gasteiger partial charge in [-0.25, -0.2) is 4.98 Å². The molecule has 0 aliphatic heterocycles. The number of nitrogen functional groups attached to an aromatic ring is 1. The van der Waals surface area contributed by atoms with E-state index in [0.717, 1.165) is 18.4 Å². The molecule has 5 nitrogen and oxygen atoms in total. The number of hydrogen-bond donors (Lipinski definition) is 4. The summed E-state index contributed by atoms with van der Waals surface area (Å²) in [6.45, 7) is 4.68. The average Bonchev–Trinajstić information content (AvgIpc) is 2.53. The molecule has 0 radical (unpaired) electrons. The molecule has 5 N–H and O–H groups in total. The molecular weight excluding hydrogens is 361 g/mol. The van der Waals surface area contributed by atoms with E-state index in [4.69, 9.17) is 5.73 Å². The van der Waals surface area contributed by atoms with E-state index in [1.165, 1.54) is 5.56 Å². The molecule has 1 aromatic carbocycles. The highest BCUT2D eigenvalue weighted by molar-refractivity contribution is 5.85. The summed E-state index contributed by atoms with van der Waals surface area (Å²) >= 11 is 0. The highest BCUT2D eigenvalue weighted by Gasteiger charge is 2.19. The Morgan fingerprint density at radius 2 is 1.76 bits per heavy atom. The SMILES string of the molecule is CC(C)(CCc1ccc(O)cc1)NCC(O)c1ccc(N)nc1.Cl.Cl. The van der Waals surface area contributed by atoms with E-state index in [-0.39, 0.29) is 36.1 Å². The summed E-state index contributed by atoms with van der Waals surface area (Å²) in [6, 6.07) is 10.7. The molecule has 0 amide bonds. The molecular formula is C18H27Cl2N3O2. The van der Waals surface area contributed by atoms with Crippen LogP contribution in [-0.2, 0) is 6.42 Å². The second kappa shape index (κ2) is 10.5. The molecule has 0 saturated heterocycles. The van der Waals surface area contributed by atoms with E-state index in [1.54, 1.807) is 30.5 Å². The lowest BCUT2D eigenvalue weighted by atomic mass is 9.94. The number of aliphatic hydroxyl groups excluding tert-OH is 1. The van der Waals surface area contributed by atoms with Crippen molar-refractivity contribution in [3.05, 3.63) is 53.7 Å². The van der Waals surface area contributed by atoms with Gasteiger partial charge in [0.25, 0.3) is 0 Å². The number of nitrogens with one attached hydrogen (secondary N) is 1. The Labute approximate surface area is 161 Å². The molecule has 0 bridgehead atoms. The predicted molar refractivity (Wildman–Crippen MR) is 107 cm³/mol. The Morgan fingerprint density at radius 3 is 2.32 bits per heavy atom. The number of β-amino-alcohol motifs (C(OH)–C–C–N with tert-alkyl or cyclic N) is 1. The van der Waals surface area contributed by atoms with Crippen LogP contribution in [0.15, 0.2) is 42.6 Å². The molecule has 2 rings (SSSR count). The lowest BCUT2D eigenvalue weighted by Crippen LogP contribution is -2.42. The third kappa shape index (κ3) is 7.92. The number of phenols is 1. The molecule has 1 atom stereocenters. The van der Waals surface area contributed by atoms with Crippen molar-refractivity contribution in [3.63, 3.8) is 0 Å². The zero-order valence-corrected chi connectivity index (χ0v) is 16.1. The number of aliphatic hydroxyl groups is 1. The molecule has 2 aromatic rings. The maximum absolute atomic E-state index is 10.2. The van der Waals surface area contributed by atoms with Crippen LogP contribution < -0.4 is 11.1 Å². The maximum atomic E-state index is 10.2. The second-order valence-electron chi connectivity index (χ2n) is 6.46. The molecule has 0 fully saturated rings. The third-order valence-electron chi connectivity index (χ3n) is 3.94. The van der Waals surface area contributed by atoms with Gasteiger partial charge in [-0.1, -0.05) is 18.2 Å². The van der Waals surface area contributed by atoms with Crippen LogP contribution >= 0.6 is 24.8 Å².